The number of nitrogens with one attached hydrogen (secondary N) is 2. The van der Waals surface area contributed by atoms with E-state index in [0.717, 1.165) is 10.6 Å². The fourth-order valence-corrected chi connectivity index (χ4v) is 3.42. The van der Waals surface area contributed by atoms with Crippen molar-refractivity contribution in [2.24, 2.45) is 0 Å². The molecule has 10 heteroatoms. The number of esters is 1. The number of amides is 2. The van der Waals surface area contributed by atoms with Gasteiger partial charge in [-0.3, -0.25) is 25.2 Å². The van der Waals surface area contributed by atoms with Gasteiger partial charge in [0.25, 0.3) is 5.91 Å². The summed E-state index contributed by atoms with van der Waals surface area (Å²) in [6.07, 6.45) is 1.30. The highest BCUT2D eigenvalue weighted by Crippen LogP contribution is 2.25. The summed E-state index contributed by atoms with van der Waals surface area (Å²) in [4.78, 5) is 39.3. The van der Waals surface area contributed by atoms with E-state index in [9.17, 15) is 14.4 Å². The largest absolute Gasteiger partial charge is 0.459 e. The van der Waals surface area contributed by atoms with Crippen LogP contribution in [-0.4, -0.2) is 29.4 Å². The third-order valence-electron chi connectivity index (χ3n) is 3.07. The molecule has 3 heterocycles. The van der Waals surface area contributed by atoms with E-state index in [4.69, 9.17) is 9.15 Å². The Hall–Kier alpha value is -2.98. The predicted octanol–water partition coefficient (Wildman–Crippen LogP) is 2.01. The molecule has 2 amide bonds. The molecule has 134 valence electrons. The number of aromatic nitrogens is 1. The lowest BCUT2D eigenvalue weighted by molar-refractivity contribution is -0.148. The monoisotopic (exact) mass is 391 g/mol. The zero-order valence-corrected chi connectivity index (χ0v) is 14.9. The second-order valence-corrected chi connectivity index (χ2v) is 6.61. The first-order valence-electron chi connectivity index (χ1n) is 7.37. The number of furan rings is 1. The number of thiophene rings is 1. The summed E-state index contributed by atoms with van der Waals surface area (Å²) in [5, 5.41) is 6.53. The molecule has 0 unspecified atom stereocenters. The summed E-state index contributed by atoms with van der Waals surface area (Å²) in [5.74, 6) is -1.82. The Bertz CT molecular complexity index is 887. The molecule has 0 saturated heterocycles. The lowest BCUT2D eigenvalue weighted by Gasteiger charge is -2.06. The standard InChI is InChI=1S/C16H13N3O5S2/c20-13(18-19-15(22)12-2-1-4-23-12)7-24-14(21)6-11-9-26-16(17-11)10-3-5-25-8-10/h1-5,8-9H,6-7H2,(H,18,20)(H,19,22). The molecule has 0 atom stereocenters. The van der Waals surface area contributed by atoms with Crippen molar-refractivity contribution in [3.8, 4) is 10.6 Å². The van der Waals surface area contributed by atoms with E-state index < -0.39 is 24.4 Å². The van der Waals surface area contributed by atoms with Crippen molar-refractivity contribution in [2.45, 2.75) is 6.42 Å². The molecule has 3 aromatic heterocycles. The van der Waals surface area contributed by atoms with Gasteiger partial charge in [-0.2, -0.15) is 11.3 Å². The van der Waals surface area contributed by atoms with Crippen molar-refractivity contribution < 1.29 is 23.5 Å². The fourth-order valence-electron chi connectivity index (χ4n) is 1.88. The van der Waals surface area contributed by atoms with Crippen molar-refractivity contribution in [3.63, 3.8) is 0 Å². The smallest absolute Gasteiger partial charge is 0.312 e. The van der Waals surface area contributed by atoms with E-state index in [1.807, 2.05) is 16.8 Å². The molecule has 0 radical (unpaired) electrons. The summed E-state index contributed by atoms with van der Waals surface area (Å²) in [7, 11) is 0. The van der Waals surface area contributed by atoms with Crippen LogP contribution in [0.2, 0.25) is 0 Å². The highest BCUT2D eigenvalue weighted by atomic mass is 32.1. The second-order valence-electron chi connectivity index (χ2n) is 4.97. The van der Waals surface area contributed by atoms with Crippen molar-refractivity contribution in [1.82, 2.24) is 15.8 Å². The van der Waals surface area contributed by atoms with Gasteiger partial charge in [-0.1, -0.05) is 0 Å². The number of ether oxygens (including phenoxy) is 1. The zero-order chi connectivity index (χ0) is 18.4. The maximum absolute atomic E-state index is 11.8. The van der Waals surface area contributed by atoms with Gasteiger partial charge in [-0.25, -0.2) is 4.98 Å². The summed E-state index contributed by atoms with van der Waals surface area (Å²) in [6, 6.07) is 4.94. The molecule has 0 aromatic carbocycles. The Kier molecular flexibility index (Phi) is 5.77. The van der Waals surface area contributed by atoms with Gasteiger partial charge in [0.15, 0.2) is 12.4 Å². The lowest BCUT2D eigenvalue weighted by atomic mass is 10.3. The van der Waals surface area contributed by atoms with Crippen LogP contribution in [-0.2, 0) is 20.7 Å². The molecular weight excluding hydrogens is 378 g/mol. The van der Waals surface area contributed by atoms with Gasteiger partial charge in [0.2, 0.25) is 0 Å². The third-order valence-corrected chi connectivity index (χ3v) is 4.69. The number of rotatable bonds is 6. The number of nitrogens with zero attached hydrogens (tertiary/aromatic N) is 1. The highest BCUT2D eigenvalue weighted by molar-refractivity contribution is 7.14. The summed E-state index contributed by atoms with van der Waals surface area (Å²) in [6.45, 7) is -0.515. The van der Waals surface area contributed by atoms with Crippen LogP contribution >= 0.6 is 22.7 Å². The Labute approximate surface area is 155 Å². The first kappa shape index (κ1) is 17.8. The maximum atomic E-state index is 11.8. The Morgan fingerprint density at radius 3 is 2.81 bits per heavy atom. The number of hydrogen-bond acceptors (Lipinski definition) is 8. The van der Waals surface area contributed by atoms with Crippen molar-refractivity contribution in [2.75, 3.05) is 6.61 Å². The van der Waals surface area contributed by atoms with Crippen LogP contribution in [0.25, 0.3) is 10.6 Å². The minimum absolute atomic E-state index is 0.0350. The number of thiazole rings is 1. The van der Waals surface area contributed by atoms with Crippen LogP contribution in [0.1, 0.15) is 16.2 Å². The highest BCUT2D eigenvalue weighted by Gasteiger charge is 2.13. The molecule has 3 rings (SSSR count). The van der Waals surface area contributed by atoms with Crippen molar-refractivity contribution >= 4 is 40.5 Å². The SMILES string of the molecule is O=C(COC(=O)Cc1csc(-c2ccsc2)n1)NNC(=O)c1ccco1. The summed E-state index contributed by atoms with van der Waals surface area (Å²) < 4.78 is 9.74. The average molecular weight is 391 g/mol. The first-order chi connectivity index (χ1) is 12.6. The maximum Gasteiger partial charge on any atom is 0.312 e. The van der Waals surface area contributed by atoms with Gasteiger partial charge in [-0.15, -0.1) is 11.3 Å². The molecule has 0 aliphatic carbocycles. The molecule has 0 fully saturated rings. The molecule has 8 nitrogen and oxygen atoms in total. The van der Waals surface area contributed by atoms with Gasteiger partial charge < -0.3 is 9.15 Å². The van der Waals surface area contributed by atoms with E-state index in [1.165, 1.54) is 23.7 Å². The lowest BCUT2D eigenvalue weighted by Crippen LogP contribution is -2.43. The molecule has 26 heavy (non-hydrogen) atoms. The minimum Gasteiger partial charge on any atom is -0.459 e. The van der Waals surface area contributed by atoms with Gasteiger partial charge in [0.05, 0.1) is 18.4 Å². The van der Waals surface area contributed by atoms with E-state index in [-0.39, 0.29) is 12.2 Å². The van der Waals surface area contributed by atoms with E-state index >= 15 is 0 Å². The molecule has 0 aliphatic heterocycles. The number of hydrazine groups is 1. The minimum atomic E-state index is -0.671. The van der Waals surface area contributed by atoms with Crippen LogP contribution in [0.15, 0.2) is 45.0 Å². The number of carbonyl (C=O) groups is 3. The third kappa shape index (κ3) is 4.77. The van der Waals surface area contributed by atoms with Crippen LogP contribution < -0.4 is 10.9 Å². The van der Waals surface area contributed by atoms with Gasteiger partial charge in [-0.05, 0) is 23.6 Å². The molecule has 0 saturated carbocycles. The number of carbonyl (C=O) groups excluding carboxylic acids is 3. The molecule has 0 aliphatic rings. The van der Waals surface area contributed by atoms with E-state index in [0.29, 0.717) is 5.69 Å². The fraction of sp³-hybridized carbons (Fsp3) is 0.125. The molecule has 2 N–H and O–H groups in total. The van der Waals surface area contributed by atoms with Crippen LogP contribution in [0, 0.1) is 0 Å². The van der Waals surface area contributed by atoms with Crippen LogP contribution in [0.3, 0.4) is 0 Å². The van der Waals surface area contributed by atoms with Gasteiger partial charge >= 0.3 is 11.9 Å². The molecular formula is C16H13N3O5S2. The first-order valence-corrected chi connectivity index (χ1v) is 9.19. The quantitative estimate of drug-likeness (QED) is 0.491. The Morgan fingerprint density at radius 2 is 2.08 bits per heavy atom. The predicted molar refractivity (Wildman–Crippen MR) is 94.4 cm³/mol. The molecule has 0 bridgehead atoms. The Morgan fingerprint density at radius 1 is 1.19 bits per heavy atom. The summed E-state index contributed by atoms with van der Waals surface area (Å²) >= 11 is 3.01. The normalized spacial score (nSPS) is 10.3. The van der Waals surface area contributed by atoms with Crippen LogP contribution in [0.4, 0.5) is 0 Å². The molecule has 0 spiro atoms. The van der Waals surface area contributed by atoms with Crippen LogP contribution in [0.5, 0.6) is 0 Å². The van der Waals surface area contributed by atoms with Gasteiger partial charge in [0, 0.05) is 16.3 Å². The van der Waals surface area contributed by atoms with E-state index in [2.05, 4.69) is 15.8 Å². The Balaban J connectivity index is 1.40. The summed E-state index contributed by atoms with van der Waals surface area (Å²) in [5.41, 5.74) is 5.85. The second kappa shape index (κ2) is 8.41. The zero-order valence-electron chi connectivity index (χ0n) is 13.3. The van der Waals surface area contributed by atoms with Crippen molar-refractivity contribution in [3.05, 3.63) is 52.1 Å². The number of hydrogen-bond donors (Lipinski definition) is 2. The van der Waals surface area contributed by atoms with E-state index in [1.54, 1.807) is 22.8 Å². The van der Waals surface area contributed by atoms with Crippen molar-refractivity contribution in [1.29, 1.82) is 0 Å². The topological polar surface area (TPSA) is 111 Å². The van der Waals surface area contributed by atoms with Gasteiger partial charge in [0.1, 0.15) is 5.01 Å². The molecule has 3 aromatic rings. The average Bonchev–Trinajstić information content (AvgIpc) is 3.39.